The third-order valence-electron chi connectivity index (χ3n) is 2.90. The molecule has 1 aromatic heterocycles. The highest BCUT2D eigenvalue weighted by Gasteiger charge is 2.26. The zero-order valence-corrected chi connectivity index (χ0v) is 15.4. The van der Waals surface area contributed by atoms with Gasteiger partial charge in [0.25, 0.3) is 5.91 Å². The summed E-state index contributed by atoms with van der Waals surface area (Å²) in [7, 11) is 0. The molecule has 0 bridgehead atoms. The number of amides is 1. The number of rotatable bonds is 5. The minimum absolute atomic E-state index is 0.0629. The van der Waals surface area contributed by atoms with E-state index in [1.165, 1.54) is 6.33 Å². The Kier molecular flexibility index (Phi) is 5.52. The van der Waals surface area contributed by atoms with Crippen molar-refractivity contribution in [2.24, 2.45) is 0 Å². The number of anilines is 2. The average Bonchev–Trinajstić information content (AvgIpc) is 2.51. The number of nitro groups is 1. The molecule has 0 unspecified atom stereocenters. The third-order valence-corrected chi connectivity index (χ3v) is 3.43. The fraction of sp³-hybridized carbons (Fsp3) is 0.267. The van der Waals surface area contributed by atoms with Crippen molar-refractivity contribution in [3.8, 4) is 0 Å². The predicted octanol–water partition coefficient (Wildman–Crippen LogP) is 3.11. The molecule has 132 valence electrons. The minimum Gasteiger partial charge on any atom is -0.360 e. The maximum Gasteiger partial charge on any atom is 0.354 e. The minimum atomic E-state index is -0.609. The summed E-state index contributed by atoms with van der Waals surface area (Å²) in [6.07, 6.45) is 1.18. The van der Waals surface area contributed by atoms with Crippen molar-refractivity contribution < 1.29 is 9.72 Å². The highest BCUT2D eigenvalue weighted by molar-refractivity contribution is 9.10. The molecule has 0 fully saturated rings. The van der Waals surface area contributed by atoms with E-state index in [2.05, 4.69) is 42.1 Å². The average molecular weight is 409 g/mol. The second-order valence-corrected chi connectivity index (χ2v) is 7.05. The largest absolute Gasteiger partial charge is 0.360 e. The van der Waals surface area contributed by atoms with Crippen LogP contribution in [-0.2, 0) is 0 Å². The summed E-state index contributed by atoms with van der Waals surface area (Å²) >= 11 is 3.28. The summed E-state index contributed by atoms with van der Waals surface area (Å²) in [5.41, 5.74) is 4.49. The second kappa shape index (κ2) is 7.43. The normalized spacial score (nSPS) is 10.9. The first kappa shape index (κ1) is 18.6. The third kappa shape index (κ3) is 5.11. The van der Waals surface area contributed by atoms with Crippen molar-refractivity contribution in [1.82, 2.24) is 15.4 Å². The van der Waals surface area contributed by atoms with Gasteiger partial charge < -0.3 is 5.32 Å². The maximum atomic E-state index is 12.1. The van der Waals surface area contributed by atoms with Crippen LogP contribution in [0.1, 0.15) is 31.1 Å². The SMILES string of the molecule is CC(C)(C)Nc1ncnc(NNC(=O)c2ccc(Br)cc2)c1[N+](=O)[O-]. The summed E-state index contributed by atoms with van der Waals surface area (Å²) in [5, 5.41) is 14.4. The van der Waals surface area contributed by atoms with E-state index in [0.717, 1.165) is 4.47 Å². The van der Waals surface area contributed by atoms with Gasteiger partial charge in [0.2, 0.25) is 11.6 Å². The first-order valence-corrected chi connectivity index (χ1v) is 8.06. The van der Waals surface area contributed by atoms with Crippen LogP contribution < -0.4 is 16.2 Å². The van der Waals surface area contributed by atoms with Crippen LogP contribution in [0.2, 0.25) is 0 Å². The molecule has 1 heterocycles. The molecule has 0 spiro atoms. The Bertz CT molecular complexity index is 789. The summed E-state index contributed by atoms with van der Waals surface area (Å²) in [6, 6.07) is 6.66. The van der Waals surface area contributed by atoms with Gasteiger partial charge in [0.15, 0.2) is 0 Å². The van der Waals surface area contributed by atoms with Crippen molar-refractivity contribution in [3.63, 3.8) is 0 Å². The lowest BCUT2D eigenvalue weighted by Gasteiger charge is -2.21. The number of nitrogens with one attached hydrogen (secondary N) is 3. The van der Waals surface area contributed by atoms with E-state index in [1.807, 2.05) is 20.8 Å². The van der Waals surface area contributed by atoms with Crippen LogP contribution in [0.3, 0.4) is 0 Å². The van der Waals surface area contributed by atoms with Crippen molar-refractivity contribution in [3.05, 3.63) is 50.7 Å². The zero-order valence-electron chi connectivity index (χ0n) is 13.8. The van der Waals surface area contributed by atoms with Crippen LogP contribution >= 0.6 is 15.9 Å². The maximum absolute atomic E-state index is 12.1. The van der Waals surface area contributed by atoms with Gasteiger partial charge in [-0.15, -0.1) is 0 Å². The summed E-state index contributed by atoms with van der Waals surface area (Å²) in [4.78, 5) is 30.7. The van der Waals surface area contributed by atoms with E-state index in [4.69, 9.17) is 0 Å². The van der Waals surface area contributed by atoms with Crippen molar-refractivity contribution >= 4 is 39.2 Å². The molecule has 1 aromatic carbocycles. The fourth-order valence-electron chi connectivity index (χ4n) is 1.88. The van der Waals surface area contributed by atoms with E-state index in [-0.39, 0.29) is 17.3 Å². The molecular weight excluding hydrogens is 392 g/mol. The predicted molar refractivity (Wildman–Crippen MR) is 97.3 cm³/mol. The van der Waals surface area contributed by atoms with Gasteiger partial charge in [-0.2, -0.15) is 0 Å². The number of carbonyl (C=O) groups excluding carboxylic acids is 1. The van der Waals surface area contributed by atoms with Gasteiger partial charge in [-0.25, -0.2) is 9.97 Å². The number of nitrogens with zero attached hydrogens (tertiary/aromatic N) is 3. The van der Waals surface area contributed by atoms with E-state index >= 15 is 0 Å². The van der Waals surface area contributed by atoms with Gasteiger partial charge in [-0.05, 0) is 45.0 Å². The molecule has 2 rings (SSSR count). The van der Waals surface area contributed by atoms with E-state index < -0.39 is 16.4 Å². The van der Waals surface area contributed by atoms with Crippen molar-refractivity contribution in [1.29, 1.82) is 0 Å². The number of hydrazine groups is 1. The molecule has 0 aliphatic carbocycles. The molecule has 0 atom stereocenters. The highest BCUT2D eigenvalue weighted by Crippen LogP contribution is 2.30. The number of aromatic nitrogens is 2. The van der Waals surface area contributed by atoms with Crippen molar-refractivity contribution in [2.75, 3.05) is 10.7 Å². The lowest BCUT2D eigenvalue weighted by molar-refractivity contribution is -0.383. The van der Waals surface area contributed by atoms with Gasteiger partial charge in [-0.1, -0.05) is 15.9 Å². The highest BCUT2D eigenvalue weighted by atomic mass is 79.9. The molecular formula is C15H17BrN6O3. The van der Waals surface area contributed by atoms with Crippen LogP contribution in [0.25, 0.3) is 0 Å². The van der Waals surface area contributed by atoms with Gasteiger partial charge in [0.1, 0.15) is 6.33 Å². The molecule has 3 N–H and O–H groups in total. The lowest BCUT2D eigenvalue weighted by atomic mass is 10.1. The molecule has 10 heteroatoms. The van der Waals surface area contributed by atoms with E-state index in [1.54, 1.807) is 24.3 Å². The lowest BCUT2D eigenvalue weighted by Crippen LogP contribution is -2.31. The Morgan fingerprint density at radius 1 is 1.16 bits per heavy atom. The number of benzene rings is 1. The van der Waals surface area contributed by atoms with E-state index in [9.17, 15) is 14.9 Å². The number of hydrogen-bond donors (Lipinski definition) is 3. The van der Waals surface area contributed by atoms with Crippen LogP contribution in [0.15, 0.2) is 35.1 Å². The first-order valence-electron chi connectivity index (χ1n) is 7.27. The molecule has 25 heavy (non-hydrogen) atoms. The zero-order chi connectivity index (χ0) is 18.6. The molecule has 0 aliphatic heterocycles. The Hall–Kier alpha value is -2.75. The van der Waals surface area contributed by atoms with Crippen molar-refractivity contribution in [2.45, 2.75) is 26.3 Å². The Labute approximate surface area is 152 Å². The Morgan fingerprint density at radius 2 is 1.76 bits per heavy atom. The van der Waals surface area contributed by atoms with E-state index in [0.29, 0.717) is 5.56 Å². The summed E-state index contributed by atoms with van der Waals surface area (Å²) in [6.45, 7) is 5.55. The van der Waals surface area contributed by atoms with Crippen LogP contribution in [0.4, 0.5) is 17.3 Å². The monoisotopic (exact) mass is 408 g/mol. The summed E-state index contributed by atoms with van der Waals surface area (Å²) < 4.78 is 0.835. The molecule has 0 radical (unpaired) electrons. The Balaban J connectivity index is 2.21. The second-order valence-electron chi connectivity index (χ2n) is 6.14. The van der Waals surface area contributed by atoms with Gasteiger partial charge in [0, 0.05) is 15.6 Å². The molecule has 1 amide bonds. The fourth-order valence-corrected chi connectivity index (χ4v) is 2.14. The van der Waals surface area contributed by atoms with Crippen LogP contribution in [0.5, 0.6) is 0 Å². The van der Waals surface area contributed by atoms with Gasteiger partial charge in [-0.3, -0.25) is 25.8 Å². The van der Waals surface area contributed by atoms with Crippen LogP contribution in [-0.4, -0.2) is 26.3 Å². The topological polar surface area (TPSA) is 122 Å². The number of carbonyl (C=O) groups is 1. The van der Waals surface area contributed by atoms with Gasteiger partial charge in [0.05, 0.1) is 4.92 Å². The smallest absolute Gasteiger partial charge is 0.354 e. The molecule has 0 saturated heterocycles. The molecule has 2 aromatic rings. The Morgan fingerprint density at radius 3 is 2.32 bits per heavy atom. The number of halogens is 1. The van der Waals surface area contributed by atoms with Gasteiger partial charge >= 0.3 is 5.69 Å². The molecule has 0 saturated carbocycles. The van der Waals surface area contributed by atoms with Crippen LogP contribution in [0, 0.1) is 10.1 Å². The summed E-state index contributed by atoms with van der Waals surface area (Å²) in [5.74, 6) is -0.504. The standard InChI is InChI=1S/C15H17BrN6O3/c1-15(2,3)19-12-11(22(24)25)13(18-8-17-12)20-21-14(23)9-4-6-10(16)7-5-9/h4-8H,1-3H3,(H,21,23)(H2,17,18,19,20). The quantitative estimate of drug-likeness (QED) is 0.512. The first-order chi connectivity index (χ1) is 11.7. The molecule has 9 nitrogen and oxygen atoms in total. The number of hydrogen-bond acceptors (Lipinski definition) is 7. The molecule has 0 aliphatic rings.